The molecule has 1 aliphatic carbocycles. The Morgan fingerprint density at radius 2 is 1.90 bits per heavy atom. The zero-order valence-corrected chi connectivity index (χ0v) is 13.0. The van der Waals surface area contributed by atoms with Gasteiger partial charge in [-0.3, -0.25) is 16.2 Å². The van der Waals surface area contributed by atoms with Gasteiger partial charge in [0.05, 0.1) is 12.1 Å². The van der Waals surface area contributed by atoms with Crippen molar-refractivity contribution in [3.05, 3.63) is 29.8 Å². The van der Waals surface area contributed by atoms with Crippen LogP contribution in [0.1, 0.15) is 24.4 Å². The van der Waals surface area contributed by atoms with Gasteiger partial charge in [-0.05, 0) is 44.6 Å². The average molecular weight is 290 g/mol. The quantitative estimate of drug-likeness (QED) is 0.625. The second-order valence-corrected chi connectivity index (χ2v) is 6.34. The highest BCUT2D eigenvalue weighted by atomic mass is 16.5. The fraction of sp³-hybridized carbons (Fsp3) is 0.625. The van der Waals surface area contributed by atoms with Crippen molar-refractivity contribution in [3.8, 4) is 5.75 Å². The number of ether oxygens (including phenoxy) is 1. The van der Waals surface area contributed by atoms with E-state index in [4.69, 9.17) is 10.6 Å². The number of nitrogens with two attached hydrogens (primary N) is 1. The summed E-state index contributed by atoms with van der Waals surface area (Å²) < 4.78 is 5.81. The molecular formula is C16H26N4O. The molecule has 1 aromatic rings. The van der Waals surface area contributed by atoms with Gasteiger partial charge in [0.25, 0.3) is 0 Å². The third-order valence-electron chi connectivity index (χ3n) is 4.53. The van der Waals surface area contributed by atoms with E-state index < -0.39 is 0 Å². The number of hydrogen-bond acceptors (Lipinski definition) is 5. The summed E-state index contributed by atoms with van der Waals surface area (Å²) in [4.78, 5) is 4.75. The lowest BCUT2D eigenvalue weighted by Crippen LogP contribution is -2.56. The lowest BCUT2D eigenvalue weighted by atomic mass is 9.97. The smallest absolute Gasteiger partial charge is 0.119 e. The van der Waals surface area contributed by atoms with Crippen LogP contribution in [0, 0.1) is 0 Å². The van der Waals surface area contributed by atoms with E-state index in [1.807, 2.05) is 0 Å². The Hall–Kier alpha value is -1.14. The molecule has 1 heterocycles. The highest BCUT2D eigenvalue weighted by Crippen LogP contribution is 2.29. The van der Waals surface area contributed by atoms with Crippen molar-refractivity contribution >= 4 is 0 Å². The van der Waals surface area contributed by atoms with Gasteiger partial charge in [0.15, 0.2) is 0 Å². The maximum absolute atomic E-state index is 5.85. The molecule has 0 amide bonds. The average Bonchev–Trinajstić information content (AvgIpc) is 3.29. The molecule has 1 aromatic carbocycles. The van der Waals surface area contributed by atoms with Crippen LogP contribution in [0.4, 0.5) is 0 Å². The molecule has 5 nitrogen and oxygen atoms in total. The minimum atomic E-state index is 0.132. The summed E-state index contributed by atoms with van der Waals surface area (Å²) in [5, 5.41) is 0. The van der Waals surface area contributed by atoms with Crippen LogP contribution in [0.15, 0.2) is 24.3 Å². The van der Waals surface area contributed by atoms with E-state index in [0.717, 1.165) is 25.4 Å². The lowest BCUT2D eigenvalue weighted by Gasteiger charge is -2.41. The maximum Gasteiger partial charge on any atom is 0.119 e. The van der Waals surface area contributed by atoms with Crippen molar-refractivity contribution in [3.63, 3.8) is 0 Å². The molecule has 1 saturated heterocycles. The summed E-state index contributed by atoms with van der Waals surface area (Å²) in [5.74, 6) is 6.81. The van der Waals surface area contributed by atoms with Crippen molar-refractivity contribution in [2.24, 2.45) is 5.84 Å². The van der Waals surface area contributed by atoms with Crippen LogP contribution in [-0.4, -0.2) is 55.7 Å². The molecule has 21 heavy (non-hydrogen) atoms. The molecule has 1 aliphatic heterocycles. The van der Waals surface area contributed by atoms with Crippen LogP contribution in [-0.2, 0) is 0 Å². The molecule has 0 radical (unpaired) electrons. The summed E-state index contributed by atoms with van der Waals surface area (Å²) in [7, 11) is 4.34. The van der Waals surface area contributed by atoms with Crippen molar-refractivity contribution in [1.82, 2.24) is 15.2 Å². The highest BCUT2D eigenvalue weighted by Gasteiger charge is 2.30. The second kappa shape index (κ2) is 6.32. The van der Waals surface area contributed by atoms with Crippen LogP contribution in [0.2, 0.25) is 0 Å². The van der Waals surface area contributed by atoms with E-state index in [9.17, 15) is 0 Å². The molecule has 2 aliphatic rings. The molecule has 2 unspecified atom stereocenters. The minimum Gasteiger partial charge on any atom is -0.490 e. The van der Waals surface area contributed by atoms with E-state index in [0.29, 0.717) is 12.1 Å². The van der Waals surface area contributed by atoms with Crippen LogP contribution >= 0.6 is 0 Å². The minimum absolute atomic E-state index is 0.132. The Bertz CT molecular complexity index is 460. The molecule has 1 saturated carbocycles. The summed E-state index contributed by atoms with van der Waals surface area (Å²) in [5.41, 5.74) is 4.22. The SMILES string of the molecule is CN1CCN(C)C(C(NN)c2ccc(OC3CC3)cc2)C1. The second-order valence-electron chi connectivity index (χ2n) is 6.34. The molecule has 0 spiro atoms. The van der Waals surface area contributed by atoms with E-state index in [1.54, 1.807) is 0 Å². The Morgan fingerprint density at radius 1 is 1.19 bits per heavy atom. The molecule has 5 heteroatoms. The first-order valence-electron chi connectivity index (χ1n) is 7.79. The van der Waals surface area contributed by atoms with E-state index in [-0.39, 0.29) is 6.04 Å². The number of hydrogen-bond donors (Lipinski definition) is 2. The summed E-state index contributed by atoms with van der Waals surface area (Å²) in [6.07, 6.45) is 2.82. The van der Waals surface area contributed by atoms with Crippen molar-refractivity contribution in [1.29, 1.82) is 0 Å². The van der Waals surface area contributed by atoms with Gasteiger partial charge in [-0.1, -0.05) is 12.1 Å². The molecule has 3 N–H and O–H groups in total. The Morgan fingerprint density at radius 3 is 2.52 bits per heavy atom. The summed E-state index contributed by atoms with van der Waals surface area (Å²) in [6, 6.07) is 8.89. The van der Waals surface area contributed by atoms with E-state index >= 15 is 0 Å². The summed E-state index contributed by atoms with van der Waals surface area (Å²) >= 11 is 0. The van der Waals surface area contributed by atoms with Gasteiger partial charge in [-0.25, -0.2) is 0 Å². The van der Waals surface area contributed by atoms with Gasteiger partial charge in [0.1, 0.15) is 5.75 Å². The number of likely N-dealkylation sites (N-methyl/N-ethyl adjacent to an activating group) is 2. The normalized spacial score (nSPS) is 25.8. The highest BCUT2D eigenvalue weighted by molar-refractivity contribution is 5.30. The molecular weight excluding hydrogens is 264 g/mol. The number of nitrogens with zero attached hydrogens (tertiary/aromatic N) is 2. The molecule has 116 valence electrons. The zero-order valence-electron chi connectivity index (χ0n) is 13.0. The Kier molecular flexibility index (Phi) is 4.45. The summed E-state index contributed by atoms with van der Waals surface area (Å²) in [6.45, 7) is 3.20. The first kappa shape index (κ1) is 14.8. The van der Waals surface area contributed by atoms with Gasteiger partial charge in [-0.15, -0.1) is 0 Å². The van der Waals surface area contributed by atoms with Crippen LogP contribution in [0.5, 0.6) is 5.75 Å². The molecule has 2 fully saturated rings. The monoisotopic (exact) mass is 290 g/mol. The topological polar surface area (TPSA) is 53.8 Å². The number of rotatable bonds is 5. The third kappa shape index (κ3) is 3.55. The predicted molar refractivity (Wildman–Crippen MR) is 84.1 cm³/mol. The largest absolute Gasteiger partial charge is 0.490 e. The zero-order chi connectivity index (χ0) is 14.8. The Balaban J connectivity index is 1.71. The molecule has 0 bridgehead atoms. The standard InChI is InChI=1S/C16H26N4O/c1-19-9-10-20(2)15(11-19)16(18-17)12-3-5-13(6-4-12)21-14-7-8-14/h3-6,14-16,18H,7-11,17H2,1-2H3. The van der Waals surface area contributed by atoms with E-state index in [1.165, 1.54) is 18.4 Å². The number of benzene rings is 1. The van der Waals surface area contributed by atoms with Crippen molar-refractivity contribution in [2.75, 3.05) is 33.7 Å². The van der Waals surface area contributed by atoms with Gasteiger partial charge in [0, 0.05) is 25.7 Å². The van der Waals surface area contributed by atoms with Crippen LogP contribution in [0.3, 0.4) is 0 Å². The van der Waals surface area contributed by atoms with Gasteiger partial charge in [-0.2, -0.15) is 0 Å². The fourth-order valence-electron chi connectivity index (χ4n) is 2.97. The van der Waals surface area contributed by atoms with Crippen molar-refractivity contribution in [2.45, 2.75) is 31.0 Å². The molecule has 0 aromatic heterocycles. The van der Waals surface area contributed by atoms with Crippen LogP contribution in [0.25, 0.3) is 0 Å². The van der Waals surface area contributed by atoms with Crippen LogP contribution < -0.4 is 16.0 Å². The van der Waals surface area contributed by atoms with Gasteiger partial charge in [0.2, 0.25) is 0 Å². The maximum atomic E-state index is 5.85. The number of hydrazine groups is 1. The fourth-order valence-corrected chi connectivity index (χ4v) is 2.97. The lowest BCUT2D eigenvalue weighted by molar-refractivity contribution is 0.0876. The Labute approximate surface area is 127 Å². The number of piperazine rings is 1. The van der Waals surface area contributed by atoms with E-state index in [2.05, 4.69) is 53.6 Å². The predicted octanol–water partition coefficient (Wildman–Crippen LogP) is 0.978. The first-order valence-corrected chi connectivity index (χ1v) is 7.79. The number of nitrogens with one attached hydrogen (secondary N) is 1. The van der Waals surface area contributed by atoms with Gasteiger partial charge < -0.3 is 9.64 Å². The molecule has 3 rings (SSSR count). The van der Waals surface area contributed by atoms with Gasteiger partial charge >= 0.3 is 0 Å². The molecule has 2 atom stereocenters. The third-order valence-corrected chi connectivity index (χ3v) is 4.53. The van der Waals surface area contributed by atoms with Crippen molar-refractivity contribution < 1.29 is 4.74 Å². The first-order chi connectivity index (χ1) is 10.2.